The molecular weight excluding hydrogens is 214 g/mol. The molecule has 3 nitrogen and oxygen atoms in total. The summed E-state index contributed by atoms with van der Waals surface area (Å²) in [6, 6.07) is 7.63. The van der Waals surface area contributed by atoms with Crippen LogP contribution in [0.3, 0.4) is 0 Å². The van der Waals surface area contributed by atoms with Crippen LogP contribution in [0, 0.1) is 4.91 Å². The summed E-state index contributed by atoms with van der Waals surface area (Å²) in [5, 5.41) is 2.93. The highest BCUT2D eigenvalue weighted by Crippen LogP contribution is 2.22. The molecule has 0 amide bonds. The summed E-state index contributed by atoms with van der Waals surface area (Å²) < 4.78 is 5.95. The second-order valence-electron chi connectivity index (χ2n) is 4.19. The normalized spacial score (nSPS) is 12.1. The fraction of sp³-hybridized carbons (Fsp3) is 0.571. The smallest absolute Gasteiger partial charge is 0.124 e. The van der Waals surface area contributed by atoms with Crippen molar-refractivity contribution in [2.45, 2.75) is 52.2 Å². The van der Waals surface area contributed by atoms with Gasteiger partial charge in [-0.15, -0.1) is 0 Å². The molecule has 1 unspecified atom stereocenters. The van der Waals surface area contributed by atoms with Gasteiger partial charge in [0.1, 0.15) is 12.3 Å². The summed E-state index contributed by atoms with van der Waals surface area (Å²) >= 11 is 0. The lowest BCUT2D eigenvalue weighted by molar-refractivity contribution is 0.182. The molecule has 0 heterocycles. The lowest BCUT2D eigenvalue weighted by Crippen LogP contribution is -2.15. The molecule has 0 fully saturated rings. The van der Waals surface area contributed by atoms with E-state index in [1.165, 1.54) is 12.8 Å². The molecule has 0 spiro atoms. The molecule has 0 aromatic heterocycles. The van der Waals surface area contributed by atoms with E-state index in [-0.39, 0.29) is 12.6 Å². The topological polar surface area (TPSA) is 38.7 Å². The molecule has 0 aliphatic rings. The number of para-hydroxylation sites is 1. The monoisotopic (exact) mass is 235 g/mol. The Morgan fingerprint density at radius 1 is 1.29 bits per heavy atom. The third kappa shape index (κ3) is 4.55. The Kier molecular flexibility index (Phi) is 6.30. The third-order valence-electron chi connectivity index (χ3n) is 2.84. The van der Waals surface area contributed by atoms with Crippen LogP contribution in [0.5, 0.6) is 5.75 Å². The van der Waals surface area contributed by atoms with Crippen molar-refractivity contribution in [2.24, 2.45) is 5.18 Å². The average Bonchev–Trinajstić information content (AvgIpc) is 2.36. The largest absolute Gasteiger partial charge is 0.490 e. The highest BCUT2D eigenvalue weighted by Gasteiger charge is 2.10. The summed E-state index contributed by atoms with van der Waals surface area (Å²) in [5.41, 5.74) is 0.873. The molecule has 0 aliphatic heterocycles. The molecule has 1 aromatic carbocycles. The number of unbranched alkanes of at least 4 members (excludes halogenated alkanes) is 1. The van der Waals surface area contributed by atoms with Gasteiger partial charge in [0.15, 0.2) is 0 Å². The van der Waals surface area contributed by atoms with Gasteiger partial charge in [-0.1, -0.05) is 50.1 Å². The first kappa shape index (κ1) is 13.7. The van der Waals surface area contributed by atoms with E-state index in [0.29, 0.717) is 0 Å². The number of ether oxygens (including phenoxy) is 1. The molecule has 0 saturated heterocycles. The van der Waals surface area contributed by atoms with Gasteiger partial charge >= 0.3 is 0 Å². The van der Waals surface area contributed by atoms with Crippen LogP contribution in [0.2, 0.25) is 0 Å². The van der Waals surface area contributed by atoms with E-state index in [2.05, 4.69) is 19.0 Å². The number of hydrogen-bond acceptors (Lipinski definition) is 3. The average molecular weight is 235 g/mol. The van der Waals surface area contributed by atoms with Crippen molar-refractivity contribution in [3.8, 4) is 5.75 Å². The van der Waals surface area contributed by atoms with Gasteiger partial charge in [0.05, 0.1) is 6.10 Å². The minimum absolute atomic E-state index is 0.181. The fourth-order valence-electron chi connectivity index (χ4n) is 1.78. The van der Waals surface area contributed by atoms with Gasteiger partial charge in [0.25, 0.3) is 0 Å². The first-order valence-electron chi connectivity index (χ1n) is 6.35. The standard InChI is InChI=1S/C14H21NO2/c1-3-5-9-13(4-2)17-14-10-7-6-8-12(14)11-15-16/h6-8,10,13H,3-5,9,11H2,1-2H3. The molecule has 0 saturated carbocycles. The Bertz CT molecular complexity index is 339. The zero-order valence-electron chi connectivity index (χ0n) is 10.7. The van der Waals surface area contributed by atoms with Crippen LogP contribution in [0.15, 0.2) is 29.4 Å². The lowest BCUT2D eigenvalue weighted by Gasteiger charge is -2.18. The Morgan fingerprint density at radius 2 is 2.06 bits per heavy atom. The van der Waals surface area contributed by atoms with Crippen molar-refractivity contribution in [3.63, 3.8) is 0 Å². The first-order chi connectivity index (χ1) is 8.31. The van der Waals surface area contributed by atoms with Crippen LogP contribution < -0.4 is 4.74 Å². The van der Waals surface area contributed by atoms with Gasteiger partial charge in [-0.2, -0.15) is 4.91 Å². The van der Waals surface area contributed by atoms with Crippen molar-refractivity contribution in [1.82, 2.24) is 0 Å². The summed E-state index contributed by atoms with van der Waals surface area (Å²) in [6.45, 7) is 4.48. The Morgan fingerprint density at radius 3 is 2.71 bits per heavy atom. The number of nitrogens with zero attached hydrogens (tertiary/aromatic N) is 1. The number of benzene rings is 1. The van der Waals surface area contributed by atoms with Crippen molar-refractivity contribution in [1.29, 1.82) is 0 Å². The summed E-state index contributed by atoms with van der Waals surface area (Å²) in [7, 11) is 0. The molecule has 1 atom stereocenters. The lowest BCUT2D eigenvalue weighted by atomic mass is 10.1. The van der Waals surface area contributed by atoms with E-state index in [0.717, 1.165) is 24.2 Å². The molecule has 94 valence electrons. The maximum absolute atomic E-state index is 10.3. The highest BCUT2D eigenvalue weighted by molar-refractivity contribution is 5.33. The van der Waals surface area contributed by atoms with Gasteiger partial charge < -0.3 is 4.74 Å². The molecule has 0 N–H and O–H groups in total. The quantitative estimate of drug-likeness (QED) is 0.630. The predicted molar refractivity (Wildman–Crippen MR) is 70.2 cm³/mol. The number of nitroso groups, excluding NO2 is 1. The second-order valence-corrected chi connectivity index (χ2v) is 4.19. The minimum Gasteiger partial charge on any atom is -0.490 e. The Balaban J connectivity index is 2.67. The molecule has 0 radical (unpaired) electrons. The highest BCUT2D eigenvalue weighted by atomic mass is 16.5. The van der Waals surface area contributed by atoms with Crippen LogP contribution >= 0.6 is 0 Å². The van der Waals surface area contributed by atoms with Gasteiger partial charge in [-0.25, -0.2) is 0 Å². The Labute approximate surface area is 103 Å². The van der Waals surface area contributed by atoms with Gasteiger partial charge in [0.2, 0.25) is 0 Å². The maximum atomic E-state index is 10.3. The number of hydrogen-bond donors (Lipinski definition) is 0. The predicted octanol–water partition coefficient (Wildman–Crippen LogP) is 4.30. The molecule has 3 heteroatoms. The van der Waals surface area contributed by atoms with Crippen molar-refractivity contribution in [3.05, 3.63) is 34.7 Å². The molecule has 0 aliphatic carbocycles. The van der Waals surface area contributed by atoms with Crippen molar-refractivity contribution >= 4 is 0 Å². The zero-order valence-corrected chi connectivity index (χ0v) is 10.7. The minimum atomic E-state index is 0.181. The van der Waals surface area contributed by atoms with E-state index in [1.54, 1.807) is 0 Å². The zero-order chi connectivity index (χ0) is 12.5. The van der Waals surface area contributed by atoms with Gasteiger partial charge in [0, 0.05) is 5.56 Å². The number of rotatable bonds is 8. The van der Waals surface area contributed by atoms with Crippen LogP contribution in [-0.2, 0) is 6.54 Å². The van der Waals surface area contributed by atoms with E-state index in [4.69, 9.17) is 4.74 Å². The molecule has 1 rings (SSSR count). The second kappa shape index (κ2) is 7.82. The molecule has 1 aromatic rings. The summed E-state index contributed by atoms with van der Waals surface area (Å²) in [4.78, 5) is 10.3. The SMILES string of the molecule is CCCCC(CC)Oc1ccccc1CN=O. The van der Waals surface area contributed by atoms with E-state index < -0.39 is 0 Å². The van der Waals surface area contributed by atoms with Crippen molar-refractivity contribution in [2.75, 3.05) is 0 Å². The van der Waals surface area contributed by atoms with Crippen LogP contribution in [-0.4, -0.2) is 6.10 Å². The molecular formula is C14H21NO2. The summed E-state index contributed by atoms with van der Waals surface area (Å²) in [6.07, 6.45) is 4.64. The fourth-order valence-corrected chi connectivity index (χ4v) is 1.78. The molecule has 17 heavy (non-hydrogen) atoms. The first-order valence-corrected chi connectivity index (χ1v) is 6.35. The van der Waals surface area contributed by atoms with Crippen LogP contribution in [0.25, 0.3) is 0 Å². The van der Waals surface area contributed by atoms with E-state index >= 15 is 0 Å². The van der Waals surface area contributed by atoms with E-state index in [9.17, 15) is 4.91 Å². The third-order valence-corrected chi connectivity index (χ3v) is 2.84. The Hall–Kier alpha value is -1.38. The molecule has 0 bridgehead atoms. The summed E-state index contributed by atoms with van der Waals surface area (Å²) in [5.74, 6) is 0.801. The van der Waals surface area contributed by atoms with E-state index in [1.807, 2.05) is 24.3 Å². The van der Waals surface area contributed by atoms with Gasteiger partial charge in [-0.05, 0) is 18.9 Å². The van der Waals surface area contributed by atoms with Crippen LogP contribution in [0.4, 0.5) is 0 Å². The van der Waals surface area contributed by atoms with Crippen molar-refractivity contribution < 1.29 is 4.74 Å². The van der Waals surface area contributed by atoms with Gasteiger partial charge in [-0.3, -0.25) is 0 Å². The van der Waals surface area contributed by atoms with Crippen LogP contribution in [0.1, 0.15) is 45.1 Å². The maximum Gasteiger partial charge on any atom is 0.124 e.